The summed E-state index contributed by atoms with van der Waals surface area (Å²) in [4.78, 5) is 22.1. The standard InChI is InChI=1S/C18H22F2N2O4/c1-2-26-16-10-15(18(16)6-4-3-5-7-18)21-17(23)11-8-13(20)14(22(24)25)9-12(11)19/h8-9,15-16H,2-7,10H2,1H3,(H,21,23)/t15-,16+/m0/s1. The van der Waals surface area contributed by atoms with Crippen molar-refractivity contribution in [2.75, 3.05) is 6.61 Å². The van der Waals surface area contributed by atoms with Crippen LogP contribution < -0.4 is 5.32 Å². The van der Waals surface area contributed by atoms with Gasteiger partial charge in [-0.15, -0.1) is 0 Å². The summed E-state index contributed by atoms with van der Waals surface area (Å²) in [6.07, 6.45) is 5.81. The Balaban J connectivity index is 1.77. The third-order valence-electron chi connectivity index (χ3n) is 5.72. The van der Waals surface area contributed by atoms with Gasteiger partial charge in [-0.25, -0.2) is 4.39 Å². The Morgan fingerprint density at radius 2 is 2.00 bits per heavy atom. The number of ether oxygens (including phenoxy) is 1. The molecule has 3 rings (SSSR count). The van der Waals surface area contributed by atoms with E-state index < -0.39 is 33.7 Å². The molecule has 0 aromatic heterocycles. The van der Waals surface area contributed by atoms with Crippen LogP contribution in [0.2, 0.25) is 0 Å². The zero-order chi connectivity index (χ0) is 18.9. The van der Waals surface area contributed by atoms with Crippen LogP contribution in [-0.4, -0.2) is 29.6 Å². The van der Waals surface area contributed by atoms with Gasteiger partial charge in [0.05, 0.1) is 22.7 Å². The van der Waals surface area contributed by atoms with E-state index in [0.29, 0.717) is 25.2 Å². The molecule has 1 aromatic rings. The van der Waals surface area contributed by atoms with E-state index in [1.165, 1.54) is 0 Å². The minimum atomic E-state index is -1.23. The molecule has 2 atom stereocenters. The largest absolute Gasteiger partial charge is 0.378 e. The first-order valence-electron chi connectivity index (χ1n) is 8.95. The predicted molar refractivity (Wildman–Crippen MR) is 89.8 cm³/mol. The molecule has 2 fully saturated rings. The number of nitro benzene ring substituents is 1. The Bertz CT molecular complexity index is 719. The van der Waals surface area contributed by atoms with E-state index in [4.69, 9.17) is 4.74 Å². The summed E-state index contributed by atoms with van der Waals surface area (Å²) in [6.45, 7) is 2.52. The van der Waals surface area contributed by atoms with E-state index in [0.717, 1.165) is 32.1 Å². The van der Waals surface area contributed by atoms with Gasteiger partial charge < -0.3 is 10.1 Å². The topological polar surface area (TPSA) is 81.5 Å². The van der Waals surface area contributed by atoms with Gasteiger partial charge in [0, 0.05) is 18.1 Å². The number of nitrogens with zero attached hydrogens (tertiary/aromatic N) is 1. The van der Waals surface area contributed by atoms with Crippen LogP contribution in [0.1, 0.15) is 55.8 Å². The highest BCUT2D eigenvalue weighted by atomic mass is 19.1. The van der Waals surface area contributed by atoms with Gasteiger partial charge in [-0.3, -0.25) is 14.9 Å². The van der Waals surface area contributed by atoms with E-state index >= 15 is 0 Å². The summed E-state index contributed by atoms with van der Waals surface area (Å²) in [5.41, 5.74) is -1.65. The lowest BCUT2D eigenvalue weighted by molar-refractivity contribution is -0.387. The number of hydrogen-bond acceptors (Lipinski definition) is 4. The summed E-state index contributed by atoms with van der Waals surface area (Å²) in [7, 11) is 0. The highest BCUT2D eigenvalue weighted by Gasteiger charge is 2.56. The minimum absolute atomic E-state index is 0.0662. The van der Waals surface area contributed by atoms with Crippen molar-refractivity contribution in [2.45, 2.75) is 57.6 Å². The van der Waals surface area contributed by atoms with Crippen molar-refractivity contribution in [2.24, 2.45) is 5.41 Å². The first kappa shape index (κ1) is 18.7. The average molecular weight is 368 g/mol. The van der Waals surface area contributed by atoms with Crippen molar-refractivity contribution in [3.8, 4) is 0 Å². The van der Waals surface area contributed by atoms with Crippen LogP contribution in [0.5, 0.6) is 0 Å². The Kier molecular flexibility index (Phi) is 5.22. The van der Waals surface area contributed by atoms with E-state index in [1.807, 2.05) is 6.92 Å². The average Bonchev–Trinajstić information content (AvgIpc) is 2.62. The van der Waals surface area contributed by atoms with Gasteiger partial charge in [0.2, 0.25) is 5.82 Å². The number of carbonyl (C=O) groups excluding carboxylic acids is 1. The fourth-order valence-corrected chi connectivity index (χ4v) is 4.35. The molecule has 1 spiro atoms. The Labute approximate surface area is 150 Å². The van der Waals surface area contributed by atoms with E-state index in [1.54, 1.807) is 0 Å². The molecule has 0 bridgehead atoms. The Morgan fingerprint density at radius 1 is 1.31 bits per heavy atom. The molecule has 0 unspecified atom stereocenters. The maximum absolute atomic E-state index is 14.1. The smallest absolute Gasteiger partial charge is 0.307 e. The quantitative estimate of drug-likeness (QED) is 0.634. The van der Waals surface area contributed by atoms with Crippen molar-refractivity contribution >= 4 is 11.6 Å². The van der Waals surface area contributed by atoms with Gasteiger partial charge in [-0.2, -0.15) is 4.39 Å². The molecule has 26 heavy (non-hydrogen) atoms. The van der Waals surface area contributed by atoms with Gasteiger partial charge >= 0.3 is 5.69 Å². The number of halogens is 2. The van der Waals surface area contributed by atoms with Crippen LogP contribution >= 0.6 is 0 Å². The molecule has 8 heteroatoms. The van der Waals surface area contributed by atoms with E-state index in [2.05, 4.69) is 5.32 Å². The monoisotopic (exact) mass is 368 g/mol. The molecule has 1 aromatic carbocycles. The fraction of sp³-hybridized carbons (Fsp3) is 0.611. The molecule has 0 radical (unpaired) electrons. The molecule has 2 aliphatic rings. The van der Waals surface area contributed by atoms with Gasteiger partial charge in [0.1, 0.15) is 5.82 Å². The van der Waals surface area contributed by atoms with Gasteiger partial charge in [0.15, 0.2) is 0 Å². The minimum Gasteiger partial charge on any atom is -0.378 e. The van der Waals surface area contributed by atoms with Gasteiger partial charge in [0.25, 0.3) is 5.91 Å². The van der Waals surface area contributed by atoms with Gasteiger partial charge in [-0.05, 0) is 32.3 Å². The second kappa shape index (κ2) is 7.26. The SMILES string of the molecule is CCO[C@@H]1C[C@H](NC(=O)c2cc(F)c([N+](=O)[O-])cc2F)C12CCCCC2. The number of rotatable bonds is 5. The van der Waals surface area contributed by atoms with Crippen molar-refractivity contribution in [1.29, 1.82) is 0 Å². The molecular weight excluding hydrogens is 346 g/mol. The lowest BCUT2D eigenvalue weighted by atomic mass is 9.55. The molecule has 6 nitrogen and oxygen atoms in total. The maximum Gasteiger partial charge on any atom is 0.307 e. The number of hydrogen-bond donors (Lipinski definition) is 1. The highest BCUT2D eigenvalue weighted by Crippen LogP contribution is 2.53. The van der Waals surface area contributed by atoms with E-state index in [9.17, 15) is 23.7 Å². The number of carbonyl (C=O) groups is 1. The second-order valence-electron chi connectivity index (χ2n) is 7.04. The first-order valence-corrected chi connectivity index (χ1v) is 8.95. The van der Waals surface area contributed by atoms with Crippen LogP contribution in [0.15, 0.2) is 12.1 Å². The summed E-state index contributed by atoms with van der Waals surface area (Å²) in [5, 5.41) is 13.5. The van der Waals surface area contributed by atoms with Gasteiger partial charge in [-0.1, -0.05) is 19.3 Å². The van der Waals surface area contributed by atoms with Crippen LogP contribution in [0.25, 0.3) is 0 Å². The van der Waals surface area contributed by atoms with Crippen LogP contribution in [0, 0.1) is 27.2 Å². The van der Waals surface area contributed by atoms with Crippen molar-refractivity contribution in [3.05, 3.63) is 39.4 Å². The van der Waals surface area contributed by atoms with Crippen LogP contribution in [-0.2, 0) is 4.74 Å². The number of benzene rings is 1. The number of nitrogens with one attached hydrogen (secondary N) is 1. The zero-order valence-electron chi connectivity index (χ0n) is 14.6. The molecule has 2 saturated carbocycles. The third kappa shape index (κ3) is 3.18. The summed E-state index contributed by atoms with van der Waals surface area (Å²) < 4.78 is 33.7. The lowest BCUT2D eigenvalue weighted by Crippen LogP contribution is -2.65. The second-order valence-corrected chi connectivity index (χ2v) is 7.04. The molecule has 1 amide bonds. The van der Waals surface area contributed by atoms with E-state index in [-0.39, 0.29) is 17.6 Å². The molecule has 1 N–H and O–H groups in total. The number of amides is 1. The maximum atomic E-state index is 14.1. The van der Waals surface area contributed by atoms with Crippen molar-refractivity contribution in [3.63, 3.8) is 0 Å². The first-order chi connectivity index (χ1) is 12.4. The molecule has 142 valence electrons. The predicted octanol–water partition coefficient (Wildman–Crippen LogP) is 3.73. The fourth-order valence-electron chi connectivity index (χ4n) is 4.35. The highest BCUT2D eigenvalue weighted by molar-refractivity contribution is 5.95. The Morgan fingerprint density at radius 3 is 2.62 bits per heavy atom. The number of nitro groups is 1. The lowest BCUT2D eigenvalue weighted by Gasteiger charge is -2.57. The van der Waals surface area contributed by atoms with Crippen LogP contribution in [0.4, 0.5) is 14.5 Å². The summed E-state index contributed by atoms with van der Waals surface area (Å²) in [6, 6.07) is 0.879. The Hall–Kier alpha value is -2.09. The molecule has 0 heterocycles. The van der Waals surface area contributed by atoms with Crippen LogP contribution in [0.3, 0.4) is 0 Å². The van der Waals surface area contributed by atoms with Crippen molar-refractivity contribution < 1.29 is 23.2 Å². The summed E-state index contributed by atoms with van der Waals surface area (Å²) >= 11 is 0. The third-order valence-corrected chi connectivity index (χ3v) is 5.72. The molecule has 0 saturated heterocycles. The summed E-state index contributed by atoms with van der Waals surface area (Å²) in [5.74, 6) is -3.08. The molecule has 2 aliphatic carbocycles. The molecule has 0 aliphatic heterocycles. The zero-order valence-corrected chi connectivity index (χ0v) is 14.6. The molecular formula is C18H22F2N2O4. The normalized spacial score (nSPS) is 24.1. The van der Waals surface area contributed by atoms with Crippen molar-refractivity contribution in [1.82, 2.24) is 5.32 Å².